The number of hydrogen-bond donors (Lipinski definition) is 2. The molecule has 2 unspecified atom stereocenters. The molecule has 19 heavy (non-hydrogen) atoms. The predicted molar refractivity (Wildman–Crippen MR) is 77.5 cm³/mol. The maximum atomic E-state index is 4.15. The zero-order valence-corrected chi connectivity index (χ0v) is 11.6. The first-order valence-corrected chi connectivity index (χ1v) is 7.41. The fraction of sp³-hybridized carbons (Fsp3) is 0.714. The first-order chi connectivity index (χ1) is 9.36. The number of rotatable bonds is 5. The van der Waals surface area contributed by atoms with Crippen LogP contribution in [0.1, 0.15) is 26.2 Å². The average molecular weight is 261 g/mol. The lowest BCUT2D eigenvalue weighted by molar-refractivity contribution is 0.556. The van der Waals surface area contributed by atoms with Crippen molar-refractivity contribution < 1.29 is 0 Å². The molecule has 3 heterocycles. The molecular formula is C14H23N5. The molecule has 1 aromatic heterocycles. The highest BCUT2D eigenvalue weighted by Gasteiger charge is 2.36. The summed E-state index contributed by atoms with van der Waals surface area (Å²) in [5.41, 5.74) is 1.20. The van der Waals surface area contributed by atoms with E-state index in [1.807, 2.05) is 6.20 Å². The molecule has 2 N–H and O–H groups in total. The van der Waals surface area contributed by atoms with Crippen molar-refractivity contribution in [2.75, 3.05) is 36.4 Å². The van der Waals surface area contributed by atoms with Crippen LogP contribution in [0.5, 0.6) is 0 Å². The minimum Gasteiger partial charge on any atom is -0.369 e. The summed E-state index contributed by atoms with van der Waals surface area (Å²) >= 11 is 0. The maximum Gasteiger partial charge on any atom is 0.150 e. The van der Waals surface area contributed by atoms with Crippen LogP contribution in [0, 0.1) is 5.92 Å². The quantitative estimate of drug-likeness (QED) is 0.787. The Kier molecular flexibility index (Phi) is 3.82. The second-order valence-electron chi connectivity index (χ2n) is 5.59. The highest BCUT2D eigenvalue weighted by molar-refractivity contribution is 5.53. The van der Waals surface area contributed by atoms with Gasteiger partial charge in [-0.2, -0.15) is 5.10 Å². The Morgan fingerprint density at radius 3 is 3.26 bits per heavy atom. The van der Waals surface area contributed by atoms with Crippen LogP contribution < -0.4 is 15.5 Å². The third-order valence-corrected chi connectivity index (χ3v) is 4.20. The summed E-state index contributed by atoms with van der Waals surface area (Å²) in [6.07, 6.45) is 5.55. The molecular weight excluding hydrogens is 238 g/mol. The Hall–Kier alpha value is -1.36. The van der Waals surface area contributed by atoms with Crippen molar-refractivity contribution in [1.82, 2.24) is 15.5 Å². The lowest BCUT2D eigenvalue weighted by atomic mass is 10.1. The molecule has 2 atom stereocenters. The van der Waals surface area contributed by atoms with E-state index in [2.05, 4.69) is 38.7 Å². The Labute approximate surface area is 114 Å². The van der Waals surface area contributed by atoms with E-state index in [0.717, 1.165) is 31.4 Å². The first kappa shape index (κ1) is 12.7. The van der Waals surface area contributed by atoms with Gasteiger partial charge in [-0.1, -0.05) is 13.3 Å². The van der Waals surface area contributed by atoms with E-state index in [4.69, 9.17) is 0 Å². The van der Waals surface area contributed by atoms with E-state index in [-0.39, 0.29) is 0 Å². The maximum absolute atomic E-state index is 4.15. The molecule has 0 radical (unpaired) electrons. The van der Waals surface area contributed by atoms with Crippen molar-refractivity contribution in [1.29, 1.82) is 0 Å². The van der Waals surface area contributed by atoms with Gasteiger partial charge in [-0.05, 0) is 25.3 Å². The fourth-order valence-corrected chi connectivity index (χ4v) is 3.07. The van der Waals surface area contributed by atoms with Gasteiger partial charge >= 0.3 is 0 Å². The Morgan fingerprint density at radius 1 is 1.47 bits per heavy atom. The smallest absolute Gasteiger partial charge is 0.150 e. The summed E-state index contributed by atoms with van der Waals surface area (Å²) in [6, 6.07) is 2.80. The fourth-order valence-electron chi connectivity index (χ4n) is 3.07. The normalized spacial score (nSPS) is 25.6. The Bertz CT molecular complexity index is 410. The zero-order chi connectivity index (χ0) is 13.1. The number of unbranched alkanes of at least 4 members (excludes halogenated alkanes) is 1. The van der Waals surface area contributed by atoms with E-state index in [1.165, 1.54) is 31.5 Å². The summed E-state index contributed by atoms with van der Waals surface area (Å²) in [5.74, 6) is 1.71. The SMILES string of the molecule is CCCCNc1cc(N2CC3CCNC3C2)cnn1. The number of fused-ring (bicyclic) bond motifs is 1. The van der Waals surface area contributed by atoms with Crippen LogP contribution in [-0.4, -0.2) is 42.4 Å². The molecule has 0 amide bonds. The van der Waals surface area contributed by atoms with Gasteiger partial charge in [0.15, 0.2) is 5.82 Å². The third kappa shape index (κ3) is 2.81. The van der Waals surface area contributed by atoms with Gasteiger partial charge < -0.3 is 15.5 Å². The highest BCUT2D eigenvalue weighted by Crippen LogP contribution is 2.29. The molecule has 104 valence electrons. The topological polar surface area (TPSA) is 53.1 Å². The standard InChI is InChI=1S/C14H23N5/c1-2-3-5-16-14-7-12(8-17-18-14)19-9-11-4-6-15-13(11)10-19/h7-8,11,13,15H,2-6,9-10H2,1H3,(H,16,18). The van der Waals surface area contributed by atoms with E-state index in [0.29, 0.717) is 6.04 Å². The molecule has 5 heteroatoms. The van der Waals surface area contributed by atoms with E-state index >= 15 is 0 Å². The van der Waals surface area contributed by atoms with Gasteiger partial charge in [-0.15, -0.1) is 5.10 Å². The summed E-state index contributed by atoms with van der Waals surface area (Å²) < 4.78 is 0. The van der Waals surface area contributed by atoms with E-state index < -0.39 is 0 Å². The highest BCUT2D eigenvalue weighted by atomic mass is 15.2. The molecule has 2 aliphatic rings. The van der Waals surface area contributed by atoms with Gasteiger partial charge in [0.05, 0.1) is 11.9 Å². The molecule has 3 rings (SSSR count). The van der Waals surface area contributed by atoms with Gasteiger partial charge in [-0.25, -0.2) is 0 Å². The molecule has 0 spiro atoms. The van der Waals surface area contributed by atoms with Crippen molar-refractivity contribution in [3.63, 3.8) is 0 Å². The van der Waals surface area contributed by atoms with Crippen LogP contribution in [0.2, 0.25) is 0 Å². The summed E-state index contributed by atoms with van der Waals surface area (Å²) in [5, 5.41) is 15.2. The van der Waals surface area contributed by atoms with Gasteiger partial charge in [0, 0.05) is 31.7 Å². The minimum atomic E-state index is 0.671. The largest absolute Gasteiger partial charge is 0.369 e. The van der Waals surface area contributed by atoms with Crippen LogP contribution in [0.4, 0.5) is 11.5 Å². The average Bonchev–Trinajstić information content (AvgIpc) is 3.00. The molecule has 0 saturated carbocycles. The van der Waals surface area contributed by atoms with Gasteiger partial charge in [0.1, 0.15) is 0 Å². The molecule has 2 fully saturated rings. The number of nitrogens with one attached hydrogen (secondary N) is 2. The first-order valence-electron chi connectivity index (χ1n) is 7.41. The number of anilines is 2. The molecule has 0 aliphatic carbocycles. The lowest BCUT2D eigenvalue weighted by Gasteiger charge is -2.19. The van der Waals surface area contributed by atoms with Crippen LogP contribution in [0.25, 0.3) is 0 Å². The van der Waals surface area contributed by atoms with Crippen LogP contribution in [0.15, 0.2) is 12.3 Å². The zero-order valence-electron chi connectivity index (χ0n) is 11.6. The monoisotopic (exact) mass is 261 g/mol. The van der Waals surface area contributed by atoms with Crippen molar-refractivity contribution in [2.45, 2.75) is 32.2 Å². The van der Waals surface area contributed by atoms with Gasteiger partial charge in [-0.3, -0.25) is 0 Å². The third-order valence-electron chi connectivity index (χ3n) is 4.20. The second-order valence-corrected chi connectivity index (χ2v) is 5.59. The number of aromatic nitrogens is 2. The predicted octanol–water partition coefficient (Wildman–Crippen LogP) is 1.49. The molecule has 5 nitrogen and oxygen atoms in total. The number of nitrogens with zero attached hydrogens (tertiary/aromatic N) is 3. The molecule has 0 aromatic carbocycles. The van der Waals surface area contributed by atoms with Crippen LogP contribution in [0.3, 0.4) is 0 Å². The molecule has 2 saturated heterocycles. The van der Waals surface area contributed by atoms with Crippen molar-refractivity contribution in [2.24, 2.45) is 5.92 Å². The van der Waals surface area contributed by atoms with E-state index in [1.54, 1.807) is 0 Å². The van der Waals surface area contributed by atoms with Crippen molar-refractivity contribution >= 4 is 11.5 Å². The number of hydrogen-bond acceptors (Lipinski definition) is 5. The van der Waals surface area contributed by atoms with Gasteiger partial charge in [0.25, 0.3) is 0 Å². The van der Waals surface area contributed by atoms with Crippen LogP contribution >= 0.6 is 0 Å². The molecule has 1 aromatic rings. The molecule has 2 aliphatic heterocycles. The Balaban J connectivity index is 1.63. The van der Waals surface area contributed by atoms with Crippen LogP contribution in [-0.2, 0) is 0 Å². The van der Waals surface area contributed by atoms with E-state index in [9.17, 15) is 0 Å². The van der Waals surface area contributed by atoms with Gasteiger partial charge in [0.2, 0.25) is 0 Å². The van der Waals surface area contributed by atoms with Crippen molar-refractivity contribution in [3.05, 3.63) is 12.3 Å². The minimum absolute atomic E-state index is 0.671. The second kappa shape index (κ2) is 5.74. The summed E-state index contributed by atoms with van der Waals surface area (Å²) in [6.45, 7) is 6.60. The Morgan fingerprint density at radius 2 is 2.42 bits per heavy atom. The summed E-state index contributed by atoms with van der Waals surface area (Å²) in [7, 11) is 0. The van der Waals surface area contributed by atoms with Crippen molar-refractivity contribution in [3.8, 4) is 0 Å². The summed E-state index contributed by atoms with van der Waals surface area (Å²) in [4.78, 5) is 2.43. The molecule has 0 bridgehead atoms. The lowest BCUT2D eigenvalue weighted by Crippen LogP contribution is -2.30.